The van der Waals surface area contributed by atoms with Crippen molar-refractivity contribution in [3.8, 4) is 22.5 Å². The highest BCUT2D eigenvalue weighted by Gasteiger charge is 2.34. The van der Waals surface area contributed by atoms with Crippen LogP contribution in [0.3, 0.4) is 0 Å². The molecule has 0 unspecified atom stereocenters. The summed E-state index contributed by atoms with van der Waals surface area (Å²) in [4.78, 5) is 71.9. The van der Waals surface area contributed by atoms with Crippen LogP contribution in [0, 0.1) is 0 Å². The van der Waals surface area contributed by atoms with Gasteiger partial charge in [-0.3, -0.25) is 19.2 Å². The minimum Gasteiger partial charge on any atom is -0.444 e. The SMILES string of the molecule is CC(C)(C)OC(=O)N1CCC[C@H]1CC(=O)Nc1cc2c3c(c(-c4ccccc4)[nH]c3c1)C=NNC2=O.Cl.O=C(C[C@@H]1CCCN1)Nc1cc2c3c(c(-c4ccccc4)[nH]c3c1)C=NNC2=O. The first-order valence-corrected chi connectivity index (χ1v) is 21.9. The Kier molecular flexibility index (Phi) is 13.1. The summed E-state index contributed by atoms with van der Waals surface area (Å²) in [6.45, 7) is 7.00. The Morgan fingerprint density at radius 1 is 0.712 bits per heavy atom. The van der Waals surface area contributed by atoms with Crippen LogP contribution in [0.15, 0.2) is 95.1 Å². The molecule has 7 N–H and O–H groups in total. The number of aromatic amines is 2. The van der Waals surface area contributed by atoms with Crippen molar-refractivity contribution in [1.29, 1.82) is 0 Å². The summed E-state index contributed by atoms with van der Waals surface area (Å²) >= 11 is 0. The number of benzene rings is 4. The zero-order chi connectivity index (χ0) is 45.2. The predicted octanol–water partition coefficient (Wildman–Crippen LogP) is 8.05. The molecule has 6 heterocycles. The number of anilines is 2. The van der Waals surface area contributed by atoms with Gasteiger partial charge in [0.15, 0.2) is 0 Å². The van der Waals surface area contributed by atoms with Crippen LogP contribution >= 0.6 is 12.4 Å². The van der Waals surface area contributed by atoms with E-state index in [4.69, 9.17) is 4.74 Å². The zero-order valence-electron chi connectivity index (χ0n) is 36.7. The molecule has 10 rings (SSSR count). The molecule has 16 nitrogen and oxygen atoms in total. The van der Waals surface area contributed by atoms with Gasteiger partial charge in [-0.15, -0.1) is 12.4 Å². The molecule has 4 aromatic carbocycles. The fourth-order valence-electron chi connectivity index (χ4n) is 8.97. The minimum atomic E-state index is -0.597. The maximum atomic E-state index is 13.0. The van der Waals surface area contributed by atoms with E-state index in [1.807, 2.05) is 93.6 Å². The van der Waals surface area contributed by atoms with Gasteiger partial charge >= 0.3 is 6.09 Å². The molecule has 5 amide bonds. The summed E-state index contributed by atoms with van der Waals surface area (Å²) in [5, 5.41) is 18.9. The van der Waals surface area contributed by atoms with Crippen molar-refractivity contribution in [2.45, 2.75) is 77.0 Å². The van der Waals surface area contributed by atoms with Gasteiger partial charge in [-0.1, -0.05) is 60.7 Å². The molecule has 4 aliphatic heterocycles. The number of aromatic nitrogens is 2. The second-order valence-electron chi connectivity index (χ2n) is 17.6. The fourth-order valence-corrected chi connectivity index (χ4v) is 8.97. The zero-order valence-corrected chi connectivity index (χ0v) is 37.6. The molecule has 0 spiro atoms. The molecule has 0 bridgehead atoms. The molecule has 6 aromatic rings. The number of nitrogens with zero attached hydrogens (tertiary/aromatic N) is 3. The van der Waals surface area contributed by atoms with Crippen molar-refractivity contribution >= 4 is 87.7 Å². The average molecular weight is 911 g/mol. The Balaban J connectivity index is 0.000000180. The van der Waals surface area contributed by atoms with Crippen LogP contribution in [-0.4, -0.2) is 87.8 Å². The van der Waals surface area contributed by atoms with Gasteiger partial charge in [-0.25, -0.2) is 15.6 Å². The predicted molar refractivity (Wildman–Crippen MR) is 258 cm³/mol. The number of likely N-dealkylation sites (tertiary alicyclic amines) is 1. The number of carbonyl (C=O) groups is 5. The van der Waals surface area contributed by atoms with Crippen molar-refractivity contribution in [1.82, 2.24) is 31.0 Å². The highest BCUT2D eigenvalue weighted by atomic mass is 35.5. The molecular formula is C49H51ClN10O6. The molecule has 2 fully saturated rings. The number of nitrogens with one attached hydrogen (secondary N) is 7. The van der Waals surface area contributed by atoms with Crippen LogP contribution in [0.4, 0.5) is 16.2 Å². The first-order valence-electron chi connectivity index (χ1n) is 21.9. The van der Waals surface area contributed by atoms with Crippen molar-refractivity contribution in [2.24, 2.45) is 10.2 Å². The quantitative estimate of drug-likeness (QED) is 0.0797. The first-order chi connectivity index (χ1) is 31.4. The lowest BCUT2D eigenvalue weighted by atomic mass is 10.0. The summed E-state index contributed by atoms with van der Waals surface area (Å²) in [6.07, 6.45) is 7.14. The van der Waals surface area contributed by atoms with E-state index in [0.29, 0.717) is 35.5 Å². The molecule has 17 heteroatoms. The van der Waals surface area contributed by atoms with Crippen LogP contribution in [-0.2, 0) is 14.3 Å². The van der Waals surface area contributed by atoms with E-state index in [-0.39, 0.29) is 54.5 Å². The van der Waals surface area contributed by atoms with Gasteiger partial charge in [-0.2, -0.15) is 10.2 Å². The Labute approximate surface area is 386 Å². The lowest BCUT2D eigenvalue weighted by molar-refractivity contribution is -0.117. The maximum absolute atomic E-state index is 13.0. The molecular weight excluding hydrogens is 860 g/mol. The van der Waals surface area contributed by atoms with E-state index in [1.54, 1.807) is 29.5 Å². The molecule has 0 radical (unpaired) electrons. The highest BCUT2D eigenvalue weighted by molar-refractivity contribution is 6.19. The van der Waals surface area contributed by atoms with Gasteiger partial charge < -0.3 is 35.6 Å². The van der Waals surface area contributed by atoms with Crippen LogP contribution in [0.2, 0.25) is 0 Å². The summed E-state index contributed by atoms with van der Waals surface area (Å²) in [5.74, 6) is -0.938. The Morgan fingerprint density at radius 2 is 1.23 bits per heavy atom. The fraction of sp³-hybridized carbons (Fsp3) is 0.286. The Bertz CT molecular complexity index is 2900. The third kappa shape index (κ3) is 9.70. The van der Waals surface area contributed by atoms with Crippen molar-refractivity contribution in [3.05, 3.63) is 107 Å². The number of hydrogen-bond donors (Lipinski definition) is 7. The number of rotatable bonds is 8. The van der Waals surface area contributed by atoms with Gasteiger partial charge in [0.1, 0.15) is 5.60 Å². The molecule has 0 saturated carbocycles. The second kappa shape index (κ2) is 19.0. The minimum absolute atomic E-state index is 0. The van der Waals surface area contributed by atoms with Gasteiger partial charge in [0.25, 0.3) is 11.8 Å². The largest absolute Gasteiger partial charge is 0.444 e. The summed E-state index contributed by atoms with van der Waals surface area (Å²) in [6, 6.07) is 26.8. The van der Waals surface area contributed by atoms with E-state index in [9.17, 15) is 24.0 Å². The normalized spacial score (nSPS) is 17.2. The van der Waals surface area contributed by atoms with Gasteiger partial charge in [-0.05, 0) is 88.4 Å². The topological polar surface area (TPSA) is 214 Å². The van der Waals surface area contributed by atoms with Crippen LogP contribution in [0.1, 0.15) is 91.1 Å². The number of halogens is 1. The molecule has 2 aromatic heterocycles. The molecule has 2 saturated heterocycles. The summed E-state index contributed by atoms with van der Waals surface area (Å²) < 4.78 is 5.51. The van der Waals surface area contributed by atoms with E-state index >= 15 is 0 Å². The maximum Gasteiger partial charge on any atom is 0.410 e. The number of H-pyrrole nitrogens is 2. The standard InChI is InChI=1S/C27H29N5O4.C22H21N5O2.ClH/c1-27(2,3)36-26(35)32-11-7-10-18(32)14-22(33)29-17-12-19-23-20(15-28-31-25(19)34)24(30-21(23)13-17)16-8-5-4-6-9-16;28-19(11-14-7-4-8-23-14)25-15-9-16-20-17(12-24-27-22(16)29)21(26-18(20)10-15)13-5-2-1-3-6-13;/h4-6,8-9,12-13,15,18,30H,7,10-11,14H2,1-3H3,(H,29,33)(H,31,34);1-3,5-6,9-10,12,14,23,26H,4,7-8,11H2,(H,25,28)(H,27,29);1H/t18-;14-;/m00./s1. The molecule has 66 heavy (non-hydrogen) atoms. The van der Waals surface area contributed by atoms with Gasteiger partial charge in [0.2, 0.25) is 11.8 Å². The van der Waals surface area contributed by atoms with Crippen molar-refractivity contribution < 1.29 is 28.7 Å². The third-order valence-electron chi connectivity index (χ3n) is 11.8. The molecule has 4 aliphatic rings. The molecule has 340 valence electrons. The number of hydrazone groups is 2. The van der Waals surface area contributed by atoms with Gasteiger partial charge in [0, 0.05) is 75.8 Å². The monoisotopic (exact) mass is 910 g/mol. The van der Waals surface area contributed by atoms with E-state index in [2.05, 4.69) is 47.0 Å². The van der Waals surface area contributed by atoms with E-state index < -0.39 is 11.7 Å². The number of carbonyl (C=O) groups excluding carboxylic acids is 5. The van der Waals surface area contributed by atoms with Crippen molar-refractivity contribution in [2.75, 3.05) is 23.7 Å². The van der Waals surface area contributed by atoms with E-state index in [0.717, 1.165) is 87.7 Å². The van der Waals surface area contributed by atoms with Crippen molar-refractivity contribution in [3.63, 3.8) is 0 Å². The van der Waals surface area contributed by atoms with Crippen LogP contribution in [0.25, 0.3) is 44.3 Å². The first kappa shape index (κ1) is 45.3. The van der Waals surface area contributed by atoms with E-state index in [1.165, 1.54) is 0 Å². The number of amides is 5. The van der Waals surface area contributed by atoms with Crippen LogP contribution in [0.5, 0.6) is 0 Å². The van der Waals surface area contributed by atoms with Crippen LogP contribution < -0.4 is 26.8 Å². The Hall–Kier alpha value is -7.30. The highest BCUT2D eigenvalue weighted by Crippen LogP contribution is 2.36. The second-order valence-corrected chi connectivity index (χ2v) is 17.6. The smallest absolute Gasteiger partial charge is 0.410 e. The Morgan fingerprint density at radius 3 is 1.71 bits per heavy atom. The average Bonchev–Trinajstić information content (AvgIpc) is 4.07. The third-order valence-corrected chi connectivity index (χ3v) is 11.8. The lowest BCUT2D eigenvalue weighted by Gasteiger charge is -2.28. The number of hydrogen-bond acceptors (Lipinski definition) is 9. The lowest BCUT2D eigenvalue weighted by Crippen LogP contribution is -2.41. The summed E-state index contributed by atoms with van der Waals surface area (Å²) in [7, 11) is 0. The van der Waals surface area contributed by atoms with Gasteiger partial charge in [0.05, 0.1) is 34.9 Å². The summed E-state index contributed by atoms with van der Waals surface area (Å²) in [5.41, 5.74) is 13.4. The molecule has 2 atom stereocenters. The number of ether oxygens (including phenoxy) is 1. The molecule has 0 aliphatic carbocycles.